The molecule has 3 N–H and O–H groups in total. The van der Waals surface area contributed by atoms with Crippen molar-refractivity contribution in [2.45, 2.75) is 56.9 Å². The van der Waals surface area contributed by atoms with E-state index in [1.54, 1.807) is 0 Å². The van der Waals surface area contributed by atoms with Crippen molar-refractivity contribution in [2.75, 3.05) is 5.32 Å². The lowest BCUT2D eigenvalue weighted by molar-refractivity contribution is -0.120. The van der Waals surface area contributed by atoms with Gasteiger partial charge in [0.15, 0.2) is 0 Å². The van der Waals surface area contributed by atoms with Crippen LogP contribution in [-0.4, -0.2) is 28.1 Å². The summed E-state index contributed by atoms with van der Waals surface area (Å²) in [6.45, 7) is 0. The third-order valence-electron chi connectivity index (χ3n) is 5.76. The van der Waals surface area contributed by atoms with Gasteiger partial charge in [0, 0.05) is 29.5 Å². The first-order valence-corrected chi connectivity index (χ1v) is 9.91. The van der Waals surface area contributed by atoms with Gasteiger partial charge in [-0.15, -0.1) is 0 Å². The summed E-state index contributed by atoms with van der Waals surface area (Å²) in [5.74, 6) is 1.21. The molecule has 0 atom stereocenters. The Labute approximate surface area is 159 Å². The Morgan fingerprint density at radius 3 is 2.52 bits per heavy atom. The molecule has 2 aliphatic rings. The van der Waals surface area contributed by atoms with Gasteiger partial charge in [-0.3, -0.25) is 14.7 Å². The molecule has 1 heterocycles. The molecule has 2 aliphatic carbocycles. The number of rotatable bonds is 5. The second kappa shape index (κ2) is 7.94. The number of aromatic nitrogens is 2. The molecular formula is C21H26N4O2. The summed E-state index contributed by atoms with van der Waals surface area (Å²) in [6.07, 6.45) is 7.24. The highest BCUT2D eigenvalue weighted by atomic mass is 16.2. The molecule has 0 radical (unpaired) electrons. The highest BCUT2D eigenvalue weighted by Crippen LogP contribution is 2.37. The number of aromatic amines is 1. The van der Waals surface area contributed by atoms with E-state index in [0.29, 0.717) is 17.3 Å². The summed E-state index contributed by atoms with van der Waals surface area (Å²) in [7, 11) is 0. The van der Waals surface area contributed by atoms with Crippen LogP contribution in [-0.2, 0) is 4.79 Å². The maximum Gasteiger partial charge on any atom is 0.251 e. The number of carbonyl (C=O) groups excluding carboxylic acids is 2. The van der Waals surface area contributed by atoms with Gasteiger partial charge < -0.3 is 10.6 Å². The second-order valence-corrected chi connectivity index (χ2v) is 7.74. The number of H-pyrrole nitrogens is 1. The Balaban J connectivity index is 1.25. The molecule has 2 fully saturated rings. The maximum absolute atomic E-state index is 12.3. The average Bonchev–Trinajstić information content (AvgIpc) is 3.13. The molecule has 1 aromatic heterocycles. The normalized spacial score (nSPS) is 22.7. The summed E-state index contributed by atoms with van der Waals surface area (Å²) in [5.41, 5.74) is 1.65. The van der Waals surface area contributed by atoms with E-state index in [0.717, 1.165) is 44.2 Å². The Kier molecular flexibility index (Phi) is 5.23. The SMILES string of the molecule is O=C(NC1CC(c2cc(NC(=O)C3CCCCC3)[nH]n2)C1)c1ccccc1. The van der Waals surface area contributed by atoms with Crippen molar-refractivity contribution in [3.63, 3.8) is 0 Å². The van der Waals surface area contributed by atoms with Crippen molar-refractivity contribution in [1.82, 2.24) is 15.5 Å². The van der Waals surface area contributed by atoms with Crippen molar-refractivity contribution < 1.29 is 9.59 Å². The van der Waals surface area contributed by atoms with Crippen LogP contribution in [0.5, 0.6) is 0 Å². The van der Waals surface area contributed by atoms with E-state index in [2.05, 4.69) is 20.8 Å². The smallest absolute Gasteiger partial charge is 0.251 e. The first-order valence-electron chi connectivity index (χ1n) is 9.91. The fourth-order valence-corrected chi connectivity index (χ4v) is 4.05. The van der Waals surface area contributed by atoms with Gasteiger partial charge >= 0.3 is 0 Å². The van der Waals surface area contributed by atoms with E-state index in [9.17, 15) is 9.59 Å². The number of carbonyl (C=O) groups is 2. The summed E-state index contributed by atoms with van der Waals surface area (Å²) >= 11 is 0. The molecule has 1 aromatic carbocycles. The highest BCUT2D eigenvalue weighted by molar-refractivity contribution is 5.94. The van der Waals surface area contributed by atoms with E-state index in [1.807, 2.05) is 36.4 Å². The molecule has 2 saturated carbocycles. The first kappa shape index (κ1) is 17.8. The third kappa shape index (κ3) is 4.21. The van der Waals surface area contributed by atoms with Crippen molar-refractivity contribution >= 4 is 17.6 Å². The largest absolute Gasteiger partial charge is 0.349 e. The molecule has 0 spiro atoms. The van der Waals surface area contributed by atoms with E-state index in [4.69, 9.17) is 0 Å². The van der Waals surface area contributed by atoms with Crippen LogP contribution in [0.1, 0.15) is 66.9 Å². The molecule has 6 heteroatoms. The third-order valence-corrected chi connectivity index (χ3v) is 5.76. The van der Waals surface area contributed by atoms with Crippen molar-refractivity contribution in [2.24, 2.45) is 5.92 Å². The fourth-order valence-electron chi connectivity index (χ4n) is 4.05. The van der Waals surface area contributed by atoms with Crippen molar-refractivity contribution in [3.8, 4) is 0 Å². The monoisotopic (exact) mass is 366 g/mol. The van der Waals surface area contributed by atoms with E-state index < -0.39 is 0 Å². The van der Waals surface area contributed by atoms with Gasteiger partial charge in [0.2, 0.25) is 5.91 Å². The number of hydrogen-bond acceptors (Lipinski definition) is 3. The summed E-state index contributed by atoms with van der Waals surface area (Å²) < 4.78 is 0. The highest BCUT2D eigenvalue weighted by Gasteiger charge is 2.33. The lowest BCUT2D eigenvalue weighted by Gasteiger charge is -2.34. The zero-order chi connectivity index (χ0) is 18.6. The van der Waals surface area contributed by atoms with Crippen LogP contribution in [0, 0.1) is 5.92 Å². The number of nitrogens with zero attached hydrogens (tertiary/aromatic N) is 1. The van der Waals surface area contributed by atoms with Gasteiger partial charge in [0.05, 0.1) is 5.69 Å². The predicted octanol–water partition coefficient (Wildman–Crippen LogP) is 3.60. The molecular weight excluding hydrogens is 340 g/mol. The Morgan fingerprint density at radius 2 is 1.78 bits per heavy atom. The molecule has 6 nitrogen and oxygen atoms in total. The topological polar surface area (TPSA) is 86.9 Å². The van der Waals surface area contributed by atoms with Gasteiger partial charge in [-0.1, -0.05) is 37.5 Å². The quantitative estimate of drug-likeness (QED) is 0.755. The molecule has 0 bridgehead atoms. The Morgan fingerprint density at radius 1 is 1.04 bits per heavy atom. The predicted molar refractivity (Wildman–Crippen MR) is 103 cm³/mol. The lowest BCUT2D eigenvalue weighted by atomic mass is 9.78. The van der Waals surface area contributed by atoms with E-state index in [-0.39, 0.29) is 23.8 Å². The zero-order valence-electron chi connectivity index (χ0n) is 15.4. The number of anilines is 1. The Bertz CT molecular complexity index is 790. The number of hydrogen-bond donors (Lipinski definition) is 3. The van der Waals surface area contributed by atoms with Gasteiger partial charge in [-0.25, -0.2) is 0 Å². The maximum atomic E-state index is 12.3. The van der Waals surface area contributed by atoms with Gasteiger partial charge in [0.25, 0.3) is 5.91 Å². The minimum absolute atomic E-state index is 0.0264. The summed E-state index contributed by atoms with van der Waals surface area (Å²) in [4.78, 5) is 24.5. The van der Waals surface area contributed by atoms with Gasteiger partial charge in [0.1, 0.15) is 5.82 Å². The number of benzene rings is 1. The second-order valence-electron chi connectivity index (χ2n) is 7.74. The average molecular weight is 366 g/mol. The van der Waals surface area contributed by atoms with Crippen LogP contribution in [0.15, 0.2) is 36.4 Å². The standard InChI is InChI=1S/C21H26N4O2/c26-20(14-7-3-1-4-8-14)22-17-11-16(12-17)18-13-19(25-24-18)23-21(27)15-9-5-2-6-10-15/h1,3-4,7-8,13,15-17H,2,5-6,9-12H2,(H,22,26)(H2,23,24,25,27). The zero-order valence-corrected chi connectivity index (χ0v) is 15.4. The molecule has 4 rings (SSSR count). The Hall–Kier alpha value is -2.63. The molecule has 0 saturated heterocycles. The number of nitrogens with one attached hydrogen (secondary N) is 3. The van der Waals surface area contributed by atoms with Gasteiger partial charge in [-0.05, 0) is 37.8 Å². The van der Waals surface area contributed by atoms with Crippen LogP contribution in [0.4, 0.5) is 5.82 Å². The molecule has 27 heavy (non-hydrogen) atoms. The molecule has 2 amide bonds. The van der Waals surface area contributed by atoms with Crippen LogP contribution in [0.25, 0.3) is 0 Å². The van der Waals surface area contributed by atoms with E-state index in [1.165, 1.54) is 6.42 Å². The van der Waals surface area contributed by atoms with Crippen molar-refractivity contribution in [3.05, 3.63) is 47.7 Å². The van der Waals surface area contributed by atoms with E-state index >= 15 is 0 Å². The van der Waals surface area contributed by atoms with Crippen LogP contribution in [0.2, 0.25) is 0 Å². The van der Waals surface area contributed by atoms with Crippen molar-refractivity contribution in [1.29, 1.82) is 0 Å². The van der Waals surface area contributed by atoms with Crippen LogP contribution in [0.3, 0.4) is 0 Å². The molecule has 2 aromatic rings. The summed E-state index contributed by atoms with van der Waals surface area (Å²) in [6, 6.07) is 11.4. The van der Waals surface area contributed by atoms with Gasteiger partial charge in [-0.2, -0.15) is 5.10 Å². The first-order chi connectivity index (χ1) is 13.2. The minimum atomic E-state index is -0.0264. The summed E-state index contributed by atoms with van der Waals surface area (Å²) in [5, 5.41) is 13.3. The molecule has 0 unspecified atom stereocenters. The fraction of sp³-hybridized carbons (Fsp3) is 0.476. The van der Waals surface area contributed by atoms with Crippen LogP contribution >= 0.6 is 0 Å². The lowest BCUT2D eigenvalue weighted by Crippen LogP contribution is -2.43. The number of amides is 2. The minimum Gasteiger partial charge on any atom is -0.349 e. The van der Waals surface area contributed by atoms with Crippen LogP contribution < -0.4 is 10.6 Å². The molecule has 142 valence electrons. The molecule has 0 aliphatic heterocycles.